The van der Waals surface area contributed by atoms with E-state index >= 15 is 0 Å². The van der Waals surface area contributed by atoms with Crippen LogP contribution in [0.2, 0.25) is 0 Å². The van der Waals surface area contributed by atoms with Crippen LogP contribution in [0.1, 0.15) is 42.3 Å². The second kappa shape index (κ2) is 8.29. The van der Waals surface area contributed by atoms with Crippen LogP contribution in [0.4, 0.5) is 5.69 Å². The third-order valence-corrected chi connectivity index (χ3v) is 5.94. The number of fused-ring (bicyclic) bond motifs is 1. The molecule has 0 spiro atoms. The quantitative estimate of drug-likeness (QED) is 0.559. The molecule has 3 aromatic rings. The Morgan fingerprint density at radius 1 is 0.969 bits per heavy atom. The lowest BCUT2D eigenvalue weighted by Crippen LogP contribution is -2.49. The van der Waals surface area contributed by atoms with Gasteiger partial charge < -0.3 is 10.0 Å². The van der Waals surface area contributed by atoms with Crippen molar-refractivity contribution in [3.63, 3.8) is 0 Å². The highest BCUT2D eigenvalue weighted by atomic mass is 16.3. The van der Waals surface area contributed by atoms with Gasteiger partial charge in [-0.3, -0.25) is 9.69 Å². The summed E-state index contributed by atoms with van der Waals surface area (Å²) in [6, 6.07) is 21.7. The minimum atomic E-state index is -0.501. The minimum Gasteiger partial charge on any atom is -0.508 e. The van der Waals surface area contributed by atoms with Gasteiger partial charge in [-0.05, 0) is 75.8 Å². The molecule has 1 amide bonds. The summed E-state index contributed by atoms with van der Waals surface area (Å²) >= 11 is 0. The Morgan fingerprint density at radius 2 is 1.59 bits per heavy atom. The van der Waals surface area contributed by atoms with Gasteiger partial charge in [0, 0.05) is 23.2 Å². The topological polar surface area (TPSA) is 43.8 Å². The molecular weight excluding hydrogens is 396 g/mol. The predicted molar refractivity (Wildman–Crippen MR) is 132 cm³/mol. The minimum absolute atomic E-state index is 0.0545. The molecule has 32 heavy (non-hydrogen) atoms. The van der Waals surface area contributed by atoms with Crippen LogP contribution in [-0.2, 0) is 6.54 Å². The van der Waals surface area contributed by atoms with Crippen molar-refractivity contribution in [3.05, 3.63) is 89.5 Å². The number of nitrogens with zero attached hydrogens (tertiary/aromatic N) is 2. The second-order valence-electron chi connectivity index (χ2n) is 9.30. The largest absolute Gasteiger partial charge is 0.508 e. The summed E-state index contributed by atoms with van der Waals surface area (Å²) in [7, 11) is 3.93. The van der Waals surface area contributed by atoms with E-state index in [4.69, 9.17) is 0 Å². The maximum absolute atomic E-state index is 13.8. The number of anilines is 1. The van der Waals surface area contributed by atoms with Crippen molar-refractivity contribution in [2.45, 2.75) is 32.9 Å². The average Bonchev–Trinajstić information content (AvgIpc) is 2.75. The maximum Gasteiger partial charge on any atom is 0.259 e. The number of allylic oxidation sites excluding steroid dienone is 1. The first-order valence-corrected chi connectivity index (χ1v) is 10.9. The van der Waals surface area contributed by atoms with Crippen LogP contribution in [-0.4, -0.2) is 35.5 Å². The highest BCUT2D eigenvalue weighted by Crippen LogP contribution is 2.42. The van der Waals surface area contributed by atoms with Gasteiger partial charge in [-0.15, -0.1) is 0 Å². The first-order valence-electron chi connectivity index (χ1n) is 10.9. The first kappa shape index (κ1) is 21.8. The van der Waals surface area contributed by atoms with E-state index in [0.29, 0.717) is 12.1 Å². The van der Waals surface area contributed by atoms with Gasteiger partial charge >= 0.3 is 0 Å². The van der Waals surface area contributed by atoms with E-state index in [9.17, 15) is 9.90 Å². The monoisotopic (exact) mass is 426 g/mol. The SMILES string of the molecule is CC1=CC(C)(C)N(C(=O)c2ccc(-c3ccccc3)cc2)c2cc(CN(C)C)c(O)cc21. The van der Waals surface area contributed by atoms with Gasteiger partial charge in [-0.1, -0.05) is 48.5 Å². The smallest absolute Gasteiger partial charge is 0.259 e. The Kier molecular flexibility index (Phi) is 5.66. The first-order chi connectivity index (χ1) is 15.2. The van der Waals surface area contributed by atoms with Crippen LogP contribution in [0, 0.1) is 0 Å². The molecule has 4 heteroatoms. The standard InChI is InChI=1S/C28H30N2O2/c1-19-17-28(2,3)30(25-15-23(18-29(4)5)26(31)16-24(19)25)27(32)22-13-11-21(12-14-22)20-9-7-6-8-10-20/h6-17,31H,18H2,1-5H3. The number of phenols is 1. The van der Waals surface area contributed by atoms with Gasteiger partial charge in [0.15, 0.2) is 0 Å². The number of aromatic hydroxyl groups is 1. The molecule has 4 rings (SSSR count). The van der Waals surface area contributed by atoms with Gasteiger partial charge in [-0.25, -0.2) is 0 Å². The van der Waals surface area contributed by atoms with Gasteiger partial charge in [0.2, 0.25) is 0 Å². The maximum atomic E-state index is 13.8. The highest BCUT2D eigenvalue weighted by Gasteiger charge is 2.37. The zero-order valence-electron chi connectivity index (χ0n) is 19.4. The summed E-state index contributed by atoms with van der Waals surface area (Å²) in [5.41, 5.74) is 5.92. The molecule has 0 aromatic heterocycles. The van der Waals surface area contributed by atoms with Crippen molar-refractivity contribution >= 4 is 17.2 Å². The third kappa shape index (κ3) is 4.06. The number of amides is 1. The normalized spacial score (nSPS) is 14.8. The molecule has 0 saturated heterocycles. The van der Waals surface area contributed by atoms with Crippen LogP contribution in [0.15, 0.2) is 72.8 Å². The van der Waals surface area contributed by atoms with E-state index in [0.717, 1.165) is 33.5 Å². The molecule has 4 nitrogen and oxygen atoms in total. The fourth-order valence-electron chi connectivity index (χ4n) is 4.51. The van der Waals surface area contributed by atoms with Crippen LogP contribution >= 0.6 is 0 Å². The molecule has 0 unspecified atom stereocenters. The van der Waals surface area contributed by atoms with Crippen LogP contribution < -0.4 is 4.90 Å². The Labute approximate surface area is 190 Å². The Bertz CT molecular complexity index is 1180. The predicted octanol–water partition coefficient (Wildman–Crippen LogP) is 5.96. The summed E-state index contributed by atoms with van der Waals surface area (Å²) in [6.45, 7) is 6.72. The molecular formula is C28H30N2O2. The molecule has 1 heterocycles. The highest BCUT2D eigenvalue weighted by molar-refractivity contribution is 6.10. The van der Waals surface area contributed by atoms with E-state index in [1.807, 2.05) is 93.2 Å². The molecule has 0 aliphatic carbocycles. The third-order valence-electron chi connectivity index (χ3n) is 5.94. The molecule has 3 aromatic carbocycles. The average molecular weight is 427 g/mol. The number of benzene rings is 3. The number of hydrogen-bond acceptors (Lipinski definition) is 3. The fraction of sp³-hybridized carbons (Fsp3) is 0.250. The Morgan fingerprint density at radius 3 is 2.22 bits per heavy atom. The number of carbonyl (C=O) groups is 1. The number of rotatable bonds is 4. The van der Waals surface area contributed by atoms with E-state index in [1.54, 1.807) is 6.07 Å². The summed E-state index contributed by atoms with van der Waals surface area (Å²) in [6.07, 6.45) is 2.09. The van der Waals surface area contributed by atoms with Gasteiger partial charge in [0.25, 0.3) is 5.91 Å². The molecule has 1 N–H and O–H groups in total. The lowest BCUT2D eigenvalue weighted by Gasteiger charge is -2.42. The molecule has 1 aliphatic heterocycles. The Hall–Kier alpha value is -3.37. The number of phenolic OH excluding ortho intramolecular Hbond substituents is 1. The lowest BCUT2D eigenvalue weighted by atomic mass is 9.87. The summed E-state index contributed by atoms with van der Waals surface area (Å²) < 4.78 is 0. The van der Waals surface area contributed by atoms with Gasteiger partial charge in [-0.2, -0.15) is 0 Å². The Balaban J connectivity index is 1.76. The molecule has 0 bridgehead atoms. The molecule has 164 valence electrons. The van der Waals surface area contributed by atoms with Gasteiger partial charge in [0.1, 0.15) is 5.75 Å². The van der Waals surface area contributed by atoms with Crippen molar-refractivity contribution in [1.82, 2.24) is 4.90 Å². The second-order valence-corrected chi connectivity index (χ2v) is 9.30. The zero-order chi connectivity index (χ0) is 23.0. The van der Waals surface area contributed by atoms with Crippen molar-refractivity contribution in [2.75, 3.05) is 19.0 Å². The van der Waals surface area contributed by atoms with Crippen LogP contribution in [0.25, 0.3) is 16.7 Å². The zero-order valence-corrected chi connectivity index (χ0v) is 19.4. The lowest BCUT2D eigenvalue weighted by molar-refractivity contribution is 0.0970. The van der Waals surface area contributed by atoms with Crippen LogP contribution in [0.3, 0.4) is 0 Å². The van der Waals surface area contributed by atoms with E-state index in [-0.39, 0.29) is 11.7 Å². The molecule has 0 radical (unpaired) electrons. The van der Waals surface area contributed by atoms with Crippen molar-refractivity contribution in [2.24, 2.45) is 0 Å². The summed E-state index contributed by atoms with van der Waals surface area (Å²) in [4.78, 5) is 17.6. The summed E-state index contributed by atoms with van der Waals surface area (Å²) in [5.74, 6) is 0.200. The molecule has 0 fully saturated rings. The number of carbonyl (C=O) groups excluding carboxylic acids is 1. The van der Waals surface area contributed by atoms with Crippen LogP contribution in [0.5, 0.6) is 5.75 Å². The van der Waals surface area contributed by atoms with Crippen molar-refractivity contribution in [1.29, 1.82) is 0 Å². The van der Waals surface area contributed by atoms with Gasteiger partial charge in [0.05, 0.1) is 11.2 Å². The van der Waals surface area contributed by atoms with Crippen molar-refractivity contribution in [3.8, 4) is 16.9 Å². The van der Waals surface area contributed by atoms with E-state index in [2.05, 4.69) is 18.2 Å². The molecule has 1 aliphatic rings. The number of hydrogen-bond donors (Lipinski definition) is 1. The fourth-order valence-corrected chi connectivity index (χ4v) is 4.51. The molecule has 0 saturated carbocycles. The molecule has 0 atom stereocenters. The van der Waals surface area contributed by atoms with E-state index < -0.39 is 5.54 Å². The van der Waals surface area contributed by atoms with Crippen molar-refractivity contribution < 1.29 is 9.90 Å². The van der Waals surface area contributed by atoms with E-state index in [1.165, 1.54) is 0 Å². The summed E-state index contributed by atoms with van der Waals surface area (Å²) in [5, 5.41) is 10.6.